The molecule has 0 amide bonds. The van der Waals surface area contributed by atoms with Crippen LogP contribution in [0, 0.1) is 11.8 Å². The summed E-state index contributed by atoms with van der Waals surface area (Å²) in [6.07, 6.45) is 3.88. The summed E-state index contributed by atoms with van der Waals surface area (Å²) in [6, 6.07) is 10.1. The number of benzene rings is 1. The number of hydrogen-bond acceptors (Lipinski definition) is 5. The molecule has 1 atom stereocenters. The molecule has 0 saturated carbocycles. The van der Waals surface area contributed by atoms with Crippen molar-refractivity contribution in [3.05, 3.63) is 48.0 Å². The van der Waals surface area contributed by atoms with Crippen molar-refractivity contribution in [3.8, 4) is 0 Å². The molecule has 0 saturated heterocycles. The molecule has 0 spiro atoms. The summed E-state index contributed by atoms with van der Waals surface area (Å²) in [6.45, 7) is 2.18. The monoisotopic (exact) mass is 303 g/mol. The Morgan fingerprint density at radius 2 is 1.82 bits per heavy atom. The average Bonchev–Trinajstić information content (AvgIpc) is 2.56. The smallest absolute Gasteiger partial charge is 0.320 e. The molecule has 22 heavy (non-hydrogen) atoms. The molecular formula is C17H21NO4. The van der Waals surface area contributed by atoms with E-state index in [1.165, 1.54) is 19.8 Å². The van der Waals surface area contributed by atoms with Gasteiger partial charge >= 0.3 is 11.9 Å². The largest absolute Gasteiger partial charge is 0.468 e. The fraction of sp³-hybridized carbons (Fsp3) is 0.412. The Morgan fingerprint density at radius 1 is 1.18 bits per heavy atom. The van der Waals surface area contributed by atoms with Crippen molar-refractivity contribution in [2.45, 2.75) is 6.54 Å². The standard InChI is InChI=1S/C17H21NO4/c1-21-16(19)15(17(20)22-2)14-9-6-10-18(12-14)11-13-7-4-3-5-8-13/h3-9,14-15H,10-12H2,1-2H3/t14-/m0/s1. The molecular weight excluding hydrogens is 282 g/mol. The lowest BCUT2D eigenvalue weighted by Gasteiger charge is -2.31. The zero-order valence-corrected chi connectivity index (χ0v) is 12.9. The topological polar surface area (TPSA) is 55.8 Å². The molecule has 1 aromatic carbocycles. The summed E-state index contributed by atoms with van der Waals surface area (Å²) in [7, 11) is 2.57. The van der Waals surface area contributed by atoms with E-state index in [2.05, 4.69) is 17.0 Å². The minimum atomic E-state index is -0.912. The van der Waals surface area contributed by atoms with E-state index in [4.69, 9.17) is 9.47 Å². The Morgan fingerprint density at radius 3 is 2.41 bits per heavy atom. The van der Waals surface area contributed by atoms with Gasteiger partial charge in [-0.3, -0.25) is 14.5 Å². The van der Waals surface area contributed by atoms with E-state index in [-0.39, 0.29) is 5.92 Å². The Bertz CT molecular complexity index is 525. The molecule has 5 heteroatoms. The first-order chi connectivity index (χ1) is 10.7. The molecule has 0 aromatic heterocycles. The van der Waals surface area contributed by atoms with E-state index >= 15 is 0 Å². The van der Waals surface area contributed by atoms with Gasteiger partial charge in [0.15, 0.2) is 5.92 Å². The van der Waals surface area contributed by atoms with Gasteiger partial charge in [-0.25, -0.2) is 0 Å². The first kappa shape index (κ1) is 16.2. The lowest BCUT2D eigenvalue weighted by atomic mass is 9.89. The van der Waals surface area contributed by atoms with Gasteiger partial charge in [0.25, 0.3) is 0 Å². The highest BCUT2D eigenvalue weighted by Gasteiger charge is 2.37. The van der Waals surface area contributed by atoms with Crippen LogP contribution in [0.4, 0.5) is 0 Å². The molecule has 0 unspecified atom stereocenters. The second-order valence-electron chi connectivity index (χ2n) is 5.30. The van der Waals surface area contributed by atoms with Crippen molar-refractivity contribution in [3.63, 3.8) is 0 Å². The second kappa shape index (κ2) is 7.75. The summed E-state index contributed by atoms with van der Waals surface area (Å²) in [5.41, 5.74) is 1.20. The number of methoxy groups -OCH3 is 2. The van der Waals surface area contributed by atoms with Crippen molar-refractivity contribution >= 4 is 11.9 Å². The van der Waals surface area contributed by atoms with Crippen molar-refractivity contribution in [2.75, 3.05) is 27.3 Å². The normalized spacial score (nSPS) is 18.2. The van der Waals surface area contributed by atoms with Crippen molar-refractivity contribution < 1.29 is 19.1 Å². The van der Waals surface area contributed by atoms with Crippen LogP contribution in [0.3, 0.4) is 0 Å². The maximum atomic E-state index is 11.9. The van der Waals surface area contributed by atoms with Gasteiger partial charge in [-0.05, 0) is 5.56 Å². The summed E-state index contributed by atoms with van der Waals surface area (Å²) >= 11 is 0. The molecule has 0 N–H and O–H groups in total. The average molecular weight is 303 g/mol. The van der Waals surface area contributed by atoms with E-state index < -0.39 is 17.9 Å². The van der Waals surface area contributed by atoms with E-state index in [0.29, 0.717) is 6.54 Å². The number of nitrogens with zero attached hydrogens (tertiary/aromatic N) is 1. The molecule has 0 radical (unpaired) electrons. The Balaban J connectivity index is 2.08. The van der Waals surface area contributed by atoms with Crippen molar-refractivity contribution in [1.82, 2.24) is 4.90 Å². The number of esters is 2. The molecule has 118 valence electrons. The molecule has 1 heterocycles. The van der Waals surface area contributed by atoms with Crippen LogP contribution in [0.1, 0.15) is 5.56 Å². The van der Waals surface area contributed by atoms with Crippen LogP contribution in [-0.2, 0) is 25.6 Å². The summed E-state index contributed by atoms with van der Waals surface area (Å²) < 4.78 is 9.50. The number of carbonyl (C=O) groups excluding carboxylic acids is 2. The predicted molar refractivity (Wildman–Crippen MR) is 81.9 cm³/mol. The third kappa shape index (κ3) is 3.95. The van der Waals surface area contributed by atoms with Crippen LogP contribution in [0.5, 0.6) is 0 Å². The van der Waals surface area contributed by atoms with Crippen LogP contribution < -0.4 is 0 Å². The van der Waals surface area contributed by atoms with E-state index in [1.807, 2.05) is 30.4 Å². The summed E-state index contributed by atoms with van der Waals surface area (Å²) in [5, 5.41) is 0. The van der Waals surface area contributed by atoms with Gasteiger partial charge in [0.05, 0.1) is 14.2 Å². The molecule has 5 nitrogen and oxygen atoms in total. The molecule has 1 aliphatic rings. The zero-order valence-electron chi connectivity index (χ0n) is 12.9. The van der Waals surface area contributed by atoms with Gasteiger partial charge in [-0.15, -0.1) is 0 Å². The van der Waals surface area contributed by atoms with E-state index in [0.717, 1.165) is 13.1 Å². The summed E-state index contributed by atoms with van der Waals surface area (Å²) in [5.74, 6) is -2.26. The van der Waals surface area contributed by atoms with Gasteiger partial charge in [-0.1, -0.05) is 42.5 Å². The highest BCUT2D eigenvalue weighted by molar-refractivity contribution is 5.95. The Labute approximate surface area is 130 Å². The third-order valence-corrected chi connectivity index (χ3v) is 3.80. The van der Waals surface area contributed by atoms with Gasteiger partial charge in [0, 0.05) is 25.6 Å². The lowest BCUT2D eigenvalue weighted by Crippen LogP contribution is -2.41. The molecule has 0 aliphatic carbocycles. The number of rotatable bonds is 5. The van der Waals surface area contributed by atoms with Crippen LogP contribution in [-0.4, -0.2) is 44.1 Å². The number of hydrogen-bond donors (Lipinski definition) is 0. The van der Waals surface area contributed by atoms with Gasteiger partial charge in [-0.2, -0.15) is 0 Å². The van der Waals surface area contributed by atoms with Crippen LogP contribution >= 0.6 is 0 Å². The summed E-state index contributed by atoms with van der Waals surface area (Å²) in [4.78, 5) is 26.0. The van der Waals surface area contributed by atoms with Gasteiger partial charge < -0.3 is 9.47 Å². The van der Waals surface area contributed by atoms with Crippen LogP contribution in [0.25, 0.3) is 0 Å². The third-order valence-electron chi connectivity index (χ3n) is 3.80. The highest BCUT2D eigenvalue weighted by atomic mass is 16.5. The van der Waals surface area contributed by atoms with Crippen molar-refractivity contribution in [1.29, 1.82) is 0 Å². The quantitative estimate of drug-likeness (QED) is 0.470. The molecule has 2 rings (SSSR count). The fourth-order valence-corrected chi connectivity index (χ4v) is 2.71. The number of carbonyl (C=O) groups is 2. The number of ether oxygens (including phenoxy) is 2. The fourth-order valence-electron chi connectivity index (χ4n) is 2.71. The minimum absolute atomic E-state index is 0.239. The van der Waals surface area contributed by atoms with Crippen LogP contribution in [0.15, 0.2) is 42.5 Å². The Kier molecular flexibility index (Phi) is 5.72. The van der Waals surface area contributed by atoms with Crippen LogP contribution in [0.2, 0.25) is 0 Å². The first-order valence-corrected chi connectivity index (χ1v) is 7.24. The van der Waals surface area contributed by atoms with Gasteiger partial charge in [0.2, 0.25) is 0 Å². The van der Waals surface area contributed by atoms with E-state index in [1.54, 1.807) is 0 Å². The lowest BCUT2D eigenvalue weighted by molar-refractivity contribution is -0.161. The SMILES string of the molecule is COC(=O)C(C(=O)OC)[C@H]1C=CCN(Cc2ccccc2)C1. The molecule has 1 aliphatic heterocycles. The maximum absolute atomic E-state index is 11.9. The predicted octanol–water partition coefficient (Wildman–Crippen LogP) is 1.64. The maximum Gasteiger partial charge on any atom is 0.320 e. The zero-order chi connectivity index (χ0) is 15.9. The molecule has 0 fully saturated rings. The van der Waals surface area contributed by atoms with Crippen molar-refractivity contribution in [2.24, 2.45) is 11.8 Å². The Hall–Kier alpha value is -2.14. The van der Waals surface area contributed by atoms with E-state index in [9.17, 15) is 9.59 Å². The second-order valence-corrected chi connectivity index (χ2v) is 5.30. The van der Waals surface area contributed by atoms with Gasteiger partial charge in [0.1, 0.15) is 0 Å². The minimum Gasteiger partial charge on any atom is -0.468 e. The first-order valence-electron chi connectivity index (χ1n) is 7.24. The molecule has 0 bridgehead atoms. The highest BCUT2D eigenvalue weighted by Crippen LogP contribution is 2.23. The molecule has 1 aromatic rings.